The predicted molar refractivity (Wildman–Crippen MR) is 149 cm³/mol. The van der Waals surface area contributed by atoms with Gasteiger partial charge in [-0.3, -0.25) is 0 Å². The Morgan fingerprint density at radius 1 is 0.806 bits per heavy atom. The van der Waals surface area contributed by atoms with E-state index in [1.165, 1.54) is 22.3 Å². The largest absolute Gasteiger partial charge is 0.497 e. The lowest BCUT2D eigenvalue weighted by Crippen LogP contribution is -2.12. The average molecular weight is 487 g/mol. The third-order valence-electron chi connectivity index (χ3n) is 6.78. The Bertz CT molecular complexity index is 1160. The average Bonchev–Trinajstić information content (AvgIpc) is 2.89. The number of aryl methyl sites for hydroxylation is 3. The zero-order valence-electron chi connectivity index (χ0n) is 22.1. The van der Waals surface area contributed by atoms with E-state index in [1.54, 1.807) is 26.4 Å². The van der Waals surface area contributed by atoms with Crippen LogP contribution in [-0.2, 0) is 25.7 Å². The van der Waals surface area contributed by atoms with Crippen LogP contribution in [0.3, 0.4) is 0 Å². The van der Waals surface area contributed by atoms with Gasteiger partial charge in [-0.1, -0.05) is 60.7 Å². The molecule has 0 saturated carbocycles. The van der Waals surface area contributed by atoms with Crippen molar-refractivity contribution in [3.63, 3.8) is 0 Å². The summed E-state index contributed by atoms with van der Waals surface area (Å²) in [5.74, 6) is 1.90. The molecule has 0 N–H and O–H groups in total. The van der Waals surface area contributed by atoms with Crippen LogP contribution in [0.4, 0.5) is 4.39 Å². The van der Waals surface area contributed by atoms with Gasteiger partial charge in [-0.15, -0.1) is 0 Å². The second-order valence-corrected chi connectivity index (χ2v) is 9.32. The molecule has 0 bridgehead atoms. The monoisotopic (exact) mass is 486 g/mol. The zero-order valence-corrected chi connectivity index (χ0v) is 22.1. The van der Waals surface area contributed by atoms with Crippen molar-refractivity contribution in [1.29, 1.82) is 0 Å². The van der Waals surface area contributed by atoms with Crippen molar-refractivity contribution in [2.45, 2.75) is 52.4 Å². The summed E-state index contributed by atoms with van der Waals surface area (Å²) >= 11 is 0. The molecule has 0 amide bonds. The molecular weight excluding hydrogens is 447 g/mol. The van der Waals surface area contributed by atoms with Crippen LogP contribution < -0.4 is 9.47 Å². The number of ether oxygens (including phenoxy) is 2. The van der Waals surface area contributed by atoms with Gasteiger partial charge in [-0.25, -0.2) is 4.39 Å². The van der Waals surface area contributed by atoms with Crippen LogP contribution in [0.1, 0.15) is 47.6 Å². The van der Waals surface area contributed by atoms with Gasteiger partial charge in [-0.05, 0) is 104 Å². The summed E-state index contributed by atoms with van der Waals surface area (Å²) in [6.45, 7) is 4.03. The number of rotatable bonds is 13. The van der Waals surface area contributed by atoms with Crippen molar-refractivity contribution in [3.05, 3.63) is 119 Å². The highest BCUT2D eigenvalue weighted by Gasteiger charge is 2.17. The lowest BCUT2D eigenvalue weighted by atomic mass is 9.85. The fraction of sp³-hybridized carbons (Fsp3) is 0.333. The van der Waals surface area contributed by atoms with E-state index in [4.69, 9.17) is 9.47 Å². The molecule has 0 saturated heterocycles. The van der Waals surface area contributed by atoms with Gasteiger partial charge in [0, 0.05) is 6.07 Å². The fourth-order valence-electron chi connectivity index (χ4n) is 4.74. The number of halogens is 1. The molecule has 0 radical (unpaired) electrons. The van der Waals surface area contributed by atoms with E-state index in [9.17, 15) is 4.39 Å². The molecule has 1 unspecified atom stereocenters. The molecule has 0 fully saturated rings. The maximum Gasteiger partial charge on any atom is 0.125 e. The normalized spacial score (nSPS) is 12.4. The summed E-state index contributed by atoms with van der Waals surface area (Å²) in [5, 5.41) is 0. The van der Waals surface area contributed by atoms with E-state index < -0.39 is 0 Å². The summed E-state index contributed by atoms with van der Waals surface area (Å²) in [6.07, 6.45) is 14.3. The van der Waals surface area contributed by atoms with Crippen LogP contribution in [0, 0.1) is 18.7 Å². The summed E-state index contributed by atoms with van der Waals surface area (Å²) < 4.78 is 24.8. The van der Waals surface area contributed by atoms with Crippen LogP contribution >= 0.6 is 0 Å². The molecule has 1 atom stereocenters. The molecular formula is C33H39FO2. The SMILES string of the molecule is C/C=C\C=C/CCc1ccccc1CC(CCc1ccc(F)cc1C)Cc1ccc(OC)cc1OC. The Labute approximate surface area is 216 Å². The third-order valence-corrected chi connectivity index (χ3v) is 6.78. The topological polar surface area (TPSA) is 18.5 Å². The van der Waals surface area contributed by atoms with Gasteiger partial charge < -0.3 is 9.47 Å². The fourth-order valence-corrected chi connectivity index (χ4v) is 4.74. The van der Waals surface area contributed by atoms with Gasteiger partial charge in [0.05, 0.1) is 14.2 Å². The van der Waals surface area contributed by atoms with Gasteiger partial charge >= 0.3 is 0 Å². The quantitative estimate of drug-likeness (QED) is 0.226. The minimum atomic E-state index is -0.173. The van der Waals surface area contributed by atoms with Crippen LogP contribution in [-0.4, -0.2) is 14.2 Å². The van der Waals surface area contributed by atoms with E-state index in [1.807, 2.05) is 38.1 Å². The van der Waals surface area contributed by atoms with Crippen molar-refractivity contribution in [1.82, 2.24) is 0 Å². The van der Waals surface area contributed by atoms with Crippen LogP contribution in [0.5, 0.6) is 11.5 Å². The first kappa shape index (κ1) is 27.3. The van der Waals surface area contributed by atoms with Crippen molar-refractivity contribution in [2.75, 3.05) is 14.2 Å². The van der Waals surface area contributed by atoms with E-state index >= 15 is 0 Å². The molecule has 3 rings (SSSR count). The third kappa shape index (κ3) is 8.12. The smallest absolute Gasteiger partial charge is 0.125 e. The van der Waals surface area contributed by atoms with Gasteiger partial charge in [0.2, 0.25) is 0 Å². The summed E-state index contributed by atoms with van der Waals surface area (Å²) in [7, 11) is 3.39. The predicted octanol–water partition coefficient (Wildman–Crippen LogP) is 8.25. The first-order valence-corrected chi connectivity index (χ1v) is 12.8. The first-order valence-electron chi connectivity index (χ1n) is 12.8. The van der Waals surface area contributed by atoms with Gasteiger partial charge in [-0.2, -0.15) is 0 Å². The Balaban J connectivity index is 1.82. The number of hydrogen-bond acceptors (Lipinski definition) is 2. The second kappa shape index (κ2) is 14.3. The molecule has 0 spiro atoms. The Morgan fingerprint density at radius 2 is 1.56 bits per heavy atom. The Hall–Kier alpha value is -3.33. The molecule has 0 aromatic heterocycles. The number of methoxy groups -OCH3 is 2. The van der Waals surface area contributed by atoms with Crippen LogP contribution in [0.2, 0.25) is 0 Å². The highest BCUT2D eigenvalue weighted by atomic mass is 19.1. The molecule has 3 heteroatoms. The molecule has 0 aliphatic carbocycles. The zero-order chi connectivity index (χ0) is 25.8. The first-order chi connectivity index (χ1) is 17.5. The van der Waals surface area contributed by atoms with E-state index in [2.05, 4.69) is 48.6 Å². The van der Waals surface area contributed by atoms with Crippen molar-refractivity contribution >= 4 is 0 Å². The standard InChI is InChI=1S/C33H39FO2/c1-5-6-7-8-9-12-28-13-10-11-14-29(28)22-26(15-16-27-17-19-31(34)21-25(27)2)23-30-18-20-32(35-3)24-33(30)36-4/h5-8,10-11,13-14,17-21,24,26H,9,12,15-16,22-23H2,1-4H3/b6-5-,8-7-. The molecule has 3 aromatic rings. The Kier molecular flexibility index (Phi) is 10.8. The van der Waals surface area contributed by atoms with Crippen molar-refractivity contribution in [2.24, 2.45) is 5.92 Å². The number of allylic oxidation sites excluding steroid dienone is 4. The molecule has 36 heavy (non-hydrogen) atoms. The minimum absolute atomic E-state index is 0.173. The lowest BCUT2D eigenvalue weighted by Gasteiger charge is -2.21. The van der Waals surface area contributed by atoms with Gasteiger partial charge in [0.1, 0.15) is 17.3 Å². The van der Waals surface area contributed by atoms with Crippen LogP contribution in [0.25, 0.3) is 0 Å². The maximum absolute atomic E-state index is 13.6. The highest BCUT2D eigenvalue weighted by Crippen LogP contribution is 2.30. The number of benzene rings is 3. The Morgan fingerprint density at radius 3 is 2.28 bits per heavy atom. The number of hydrogen-bond donors (Lipinski definition) is 0. The molecule has 2 nitrogen and oxygen atoms in total. The van der Waals surface area contributed by atoms with Crippen molar-refractivity contribution in [3.8, 4) is 11.5 Å². The highest BCUT2D eigenvalue weighted by molar-refractivity contribution is 5.41. The van der Waals surface area contributed by atoms with E-state index in [0.717, 1.165) is 55.6 Å². The molecule has 0 aliphatic rings. The summed E-state index contributed by atoms with van der Waals surface area (Å²) in [6, 6.07) is 20.0. The lowest BCUT2D eigenvalue weighted by molar-refractivity contribution is 0.385. The van der Waals surface area contributed by atoms with Crippen LogP contribution in [0.15, 0.2) is 85.0 Å². The second-order valence-electron chi connectivity index (χ2n) is 9.32. The molecule has 190 valence electrons. The summed E-state index contributed by atoms with van der Waals surface area (Å²) in [5.41, 5.74) is 6.23. The maximum atomic E-state index is 13.6. The molecule has 3 aromatic carbocycles. The van der Waals surface area contributed by atoms with Gasteiger partial charge in [0.15, 0.2) is 0 Å². The molecule has 0 aliphatic heterocycles. The summed E-state index contributed by atoms with van der Waals surface area (Å²) in [4.78, 5) is 0. The van der Waals surface area contributed by atoms with E-state index in [-0.39, 0.29) is 5.82 Å². The molecule has 0 heterocycles. The van der Waals surface area contributed by atoms with E-state index in [0.29, 0.717) is 5.92 Å². The van der Waals surface area contributed by atoms with Gasteiger partial charge in [0.25, 0.3) is 0 Å². The van der Waals surface area contributed by atoms with Crippen molar-refractivity contribution < 1.29 is 13.9 Å². The minimum Gasteiger partial charge on any atom is -0.497 e.